The van der Waals surface area contributed by atoms with E-state index >= 15 is 0 Å². The minimum Gasteiger partial charge on any atom is -0.445 e. The molecule has 0 aliphatic heterocycles. The second-order valence-electron chi connectivity index (χ2n) is 13.7. The van der Waals surface area contributed by atoms with Gasteiger partial charge in [0.1, 0.15) is 18.7 Å². The van der Waals surface area contributed by atoms with Crippen molar-refractivity contribution in [3.05, 3.63) is 83.9 Å². The molecule has 266 valence electrons. The van der Waals surface area contributed by atoms with Crippen LogP contribution >= 0.6 is 0 Å². The van der Waals surface area contributed by atoms with Crippen molar-refractivity contribution in [2.24, 2.45) is 17.8 Å². The average molecular weight is 675 g/mol. The van der Waals surface area contributed by atoms with Gasteiger partial charge in [-0.2, -0.15) is 0 Å². The first-order chi connectivity index (χ1) is 23.4. The third-order valence-corrected chi connectivity index (χ3v) is 8.63. The quantitative estimate of drug-likeness (QED) is 0.124. The van der Waals surface area contributed by atoms with E-state index in [9.17, 15) is 24.3 Å². The number of aliphatic hydroxyl groups excluding tert-OH is 1. The van der Waals surface area contributed by atoms with Gasteiger partial charge < -0.3 is 31.1 Å². The van der Waals surface area contributed by atoms with Crippen LogP contribution in [0, 0.1) is 17.8 Å². The van der Waals surface area contributed by atoms with Gasteiger partial charge in [0, 0.05) is 13.0 Å². The summed E-state index contributed by atoms with van der Waals surface area (Å²) in [7, 11) is 0. The summed E-state index contributed by atoms with van der Waals surface area (Å²) in [6, 6.07) is 20.0. The summed E-state index contributed by atoms with van der Waals surface area (Å²) in [4.78, 5) is 53.3. The SMILES string of the molecule is CCC(C)CNC(=O)CC(O)C(CC(C)C)NC(=O)[C@@H](NC(=O)[C@H](Cc1cccc2ccccc12)NC(=O)OCc1ccccc1)C(C)C. The van der Waals surface area contributed by atoms with Gasteiger partial charge in [0.2, 0.25) is 17.7 Å². The van der Waals surface area contributed by atoms with Crippen LogP contribution in [0.3, 0.4) is 0 Å². The second-order valence-corrected chi connectivity index (χ2v) is 13.7. The van der Waals surface area contributed by atoms with Crippen LogP contribution in [0.5, 0.6) is 0 Å². The Morgan fingerprint density at radius 1 is 0.796 bits per heavy atom. The molecule has 0 saturated carbocycles. The molecule has 0 aliphatic carbocycles. The molecule has 10 nitrogen and oxygen atoms in total. The molecule has 3 aromatic rings. The number of amides is 4. The lowest BCUT2D eigenvalue weighted by molar-refractivity contribution is -0.132. The molecule has 5 N–H and O–H groups in total. The van der Waals surface area contributed by atoms with E-state index in [0.717, 1.165) is 28.3 Å². The van der Waals surface area contributed by atoms with Crippen molar-refractivity contribution >= 4 is 34.6 Å². The Kier molecular flexibility index (Phi) is 15.5. The smallest absolute Gasteiger partial charge is 0.408 e. The molecule has 10 heteroatoms. The fraction of sp³-hybridized carbons (Fsp3) is 0.487. The van der Waals surface area contributed by atoms with Gasteiger partial charge in [0.25, 0.3) is 0 Å². The molecular formula is C39H54N4O6. The van der Waals surface area contributed by atoms with Crippen molar-refractivity contribution < 1.29 is 29.0 Å². The van der Waals surface area contributed by atoms with E-state index in [1.54, 1.807) is 0 Å². The molecule has 3 aromatic carbocycles. The van der Waals surface area contributed by atoms with Gasteiger partial charge >= 0.3 is 6.09 Å². The molecule has 0 bridgehead atoms. The highest BCUT2D eigenvalue weighted by Gasteiger charge is 2.33. The lowest BCUT2D eigenvalue weighted by Crippen LogP contribution is -2.58. The van der Waals surface area contributed by atoms with Crippen LogP contribution < -0.4 is 21.3 Å². The Hall–Kier alpha value is -4.44. The molecule has 3 unspecified atom stereocenters. The highest BCUT2D eigenvalue weighted by atomic mass is 16.5. The summed E-state index contributed by atoms with van der Waals surface area (Å²) in [6.07, 6.45) is -0.531. The van der Waals surface area contributed by atoms with Crippen LogP contribution in [0.1, 0.15) is 71.9 Å². The van der Waals surface area contributed by atoms with Gasteiger partial charge in [-0.3, -0.25) is 14.4 Å². The molecule has 0 radical (unpaired) electrons. The molecule has 0 aromatic heterocycles. The minimum atomic E-state index is -1.12. The van der Waals surface area contributed by atoms with Gasteiger partial charge in [0.15, 0.2) is 0 Å². The van der Waals surface area contributed by atoms with Gasteiger partial charge in [-0.1, -0.05) is 121 Å². The van der Waals surface area contributed by atoms with Crippen LogP contribution in [-0.2, 0) is 32.1 Å². The predicted molar refractivity (Wildman–Crippen MR) is 192 cm³/mol. The van der Waals surface area contributed by atoms with Gasteiger partial charge in [-0.05, 0) is 46.1 Å². The summed E-state index contributed by atoms with van der Waals surface area (Å²) in [5.74, 6) is -1.22. The summed E-state index contributed by atoms with van der Waals surface area (Å²) >= 11 is 0. The molecule has 0 aliphatic rings. The first kappa shape index (κ1) is 39.0. The molecule has 0 heterocycles. The molecule has 4 amide bonds. The van der Waals surface area contributed by atoms with E-state index in [-0.39, 0.29) is 37.2 Å². The Morgan fingerprint density at radius 3 is 2.14 bits per heavy atom. The zero-order valence-electron chi connectivity index (χ0n) is 29.7. The van der Waals surface area contributed by atoms with Crippen LogP contribution in [0.25, 0.3) is 10.8 Å². The number of aliphatic hydroxyl groups is 1. The van der Waals surface area contributed by atoms with E-state index in [0.29, 0.717) is 18.9 Å². The van der Waals surface area contributed by atoms with Crippen LogP contribution in [0.4, 0.5) is 4.79 Å². The Bertz CT molecular complexity index is 1510. The zero-order valence-corrected chi connectivity index (χ0v) is 29.7. The van der Waals surface area contributed by atoms with E-state index in [4.69, 9.17) is 4.74 Å². The van der Waals surface area contributed by atoms with Crippen molar-refractivity contribution in [2.75, 3.05) is 6.54 Å². The molecular weight excluding hydrogens is 620 g/mol. The van der Waals surface area contributed by atoms with Crippen molar-refractivity contribution in [2.45, 2.75) is 98.1 Å². The van der Waals surface area contributed by atoms with Crippen molar-refractivity contribution in [3.8, 4) is 0 Å². The molecule has 3 rings (SSSR count). The van der Waals surface area contributed by atoms with Crippen molar-refractivity contribution in [3.63, 3.8) is 0 Å². The van der Waals surface area contributed by atoms with Gasteiger partial charge in [-0.15, -0.1) is 0 Å². The fourth-order valence-corrected chi connectivity index (χ4v) is 5.52. The maximum atomic E-state index is 13.9. The number of carbonyl (C=O) groups excluding carboxylic acids is 4. The summed E-state index contributed by atoms with van der Waals surface area (Å²) in [5, 5.41) is 24.3. The fourth-order valence-electron chi connectivity index (χ4n) is 5.52. The average Bonchev–Trinajstić information content (AvgIpc) is 3.08. The lowest BCUT2D eigenvalue weighted by atomic mass is 9.95. The monoisotopic (exact) mass is 674 g/mol. The highest BCUT2D eigenvalue weighted by molar-refractivity contribution is 5.93. The third kappa shape index (κ3) is 12.8. The van der Waals surface area contributed by atoms with Crippen LogP contribution in [0.15, 0.2) is 72.8 Å². The lowest BCUT2D eigenvalue weighted by Gasteiger charge is -2.30. The molecule has 0 spiro atoms. The van der Waals surface area contributed by atoms with Crippen LogP contribution in [0.2, 0.25) is 0 Å². The van der Waals surface area contributed by atoms with Crippen LogP contribution in [-0.4, -0.2) is 59.7 Å². The second kappa shape index (κ2) is 19.5. The topological polar surface area (TPSA) is 146 Å². The maximum absolute atomic E-state index is 13.9. The maximum Gasteiger partial charge on any atom is 0.408 e. The number of ether oxygens (including phenoxy) is 1. The number of hydrogen-bond acceptors (Lipinski definition) is 6. The van der Waals surface area contributed by atoms with E-state index in [2.05, 4.69) is 21.3 Å². The van der Waals surface area contributed by atoms with E-state index < -0.39 is 42.1 Å². The predicted octanol–water partition coefficient (Wildman–Crippen LogP) is 5.26. The Morgan fingerprint density at radius 2 is 1.47 bits per heavy atom. The number of hydrogen-bond donors (Lipinski definition) is 5. The first-order valence-corrected chi connectivity index (χ1v) is 17.4. The zero-order chi connectivity index (χ0) is 35.9. The standard InChI is InChI=1S/C39H54N4O6/c1-7-27(6)23-40-35(45)22-34(44)32(20-25(2)3)41-38(47)36(26(4)5)43-37(46)33(42-39(48)49-24-28-14-9-8-10-15-28)21-30-18-13-17-29-16-11-12-19-31(29)30/h8-19,25-27,32-34,36,44H,7,20-24H2,1-6H3,(H,40,45)(H,41,47)(H,42,48)(H,43,46)/t27?,32?,33-,34?,36-/m0/s1. The van der Waals surface area contributed by atoms with Crippen molar-refractivity contribution in [1.29, 1.82) is 0 Å². The summed E-state index contributed by atoms with van der Waals surface area (Å²) in [5.41, 5.74) is 1.65. The largest absolute Gasteiger partial charge is 0.445 e. The number of alkyl carbamates (subject to hydrolysis) is 1. The normalized spacial score (nSPS) is 14.4. The third-order valence-electron chi connectivity index (χ3n) is 8.63. The molecule has 0 fully saturated rings. The van der Waals surface area contributed by atoms with Gasteiger partial charge in [-0.25, -0.2) is 4.79 Å². The summed E-state index contributed by atoms with van der Waals surface area (Å²) in [6.45, 7) is 12.2. The van der Waals surface area contributed by atoms with Crippen molar-refractivity contribution in [1.82, 2.24) is 21.3 Å². The molecule has 0 saturated heterocycles. The Balaban J connectivity index is 1.78. The van der Waals surface area contributed by atoms with E-state index in [1.807, 2.05) is 114 Å². The number of benzene rings is 3. The minimum absolute atomic E-state index is 0.0293. The number of carbonyl (C=O) groups is 4. The molecule has 49 heavy (non-hydrogen) atoms. The number of fused-ring (bicyclic) bond motifs is 1. The number of rotatable bonds is 18. The first-order valence-electron chi connectivity index (χ1n) is 17.4. The summed E-state index contributed by atoms with van der Waals surface area (Å²) < 4.78 is 5.45. The highest BCUT2D eigenvalue weighted by Crippen LogP contribution is 2.20. The van der Waals surface area contributed by atoms with E-state index in [1.165, 1.54) is 0 Å². The molecule has 5 atom stereocenters. The number of nitrogens with one attached hydrogen (secondary N) is 4. The Labute approximate surface area is 290 Å². The van der Waals surface area contributed by atoms with Gasteiger partial charge in [0.05, 0.1) is 18.6 Å².